The van der Waals surface area contributed by atoms with E-state index in [9.17, 15) is 21.9 Å². The van der Waals surface area contributed by atoms with Gasteiger partial charge in [0, 0.05) is 38.1 Å². The molecule has 0 saturated carbocycles. The lowest BCUT2D eigenvalue weighted by Crippen LogP contribution is -2.47. The number of aliphatic hydroxyl groups is 1. The number of rotatable bonds is 9. The summed E-state index contributed by atoms with van der Waals surface area (Å²) < 4.78 is 63.0. The van der Waals surface area contributed by atoms with Crippen LogP contribution in [-0.4, -0.2) is 94.6 Å². The Morgan fingerprint density at radius 2 is 2.00 bits per heavy atom. The Morgan fingerprint density at radius 3 is 2.76 bits per heavy atom. The number of aromatic nitrogens is 1. The molecule has 1 spiro atoms. The maximum atomic E-state index is 13.2. The number of hydrogen-bond donors (Lipinski definition) is 2. The number of pyridine rings is 1. The van der Waals surface area contributed by atoms with E-state index in [1.807, 2.05) is 6.08 Å². The van der Waals surface area contributed by atoms with Gasteiger partial charge in [0.2, 0.25) is 10.0 Å². The molecule has 3 aliphatic rings. The van der Waals surface area contributed by atoms with Crippen molar-refractivity contribution in [1.82, 2.24) is 14.6 Å². The van der Waals surface area contributed by atoms with Crippen LogP contribution in [0.2, 0.25) is 0 Å². The van der Waals surface area contributed by atoms with E-state index in [4.69, 9.17) is 9.47 Å². The van der Waals surface area contributed by atoms with Gasteiger partial charge in [-0.15, -0.1) is 0 Å². The van der Waals surface area contributed by atoms with Crippen LogP contribution in [0.25, 0.3) is 6.08 Å². The van der Waals surface area contributed by atoms with Crippen molar-refractivity contribution in [1.29, 1.82) is 0 Å². The average molecular weight is 565 g/mol. The second-order valence-electron chi connectivity index (χ2n) is 10.0. The topological polar surface area (TPSA) is 147 Å². The molecule has 0 unspecified atom stereocenters. The normalized spacial score (nSPS) is 22.0. The number of fused-ring (bicyclic) bond motifs is 1. The third-order valence-electron chi connectivity index (χ3n) is 7.22. The summed E-state index contributed by atoms with van der Waals surface area (Å²) in [6.07, 6.45) is 5.49. The fourth-order valence-corrected chi connectivity index (χ4v) is 7.12. The van der Waals surface area contributed by atoms with Crippen molar-refractivity contribution >= 4 is 25.9 Å². The highest BCUT2D eigenvalue weighted by Crippen LogP contribution is 2.37. The smallest absolute Gasteiger partial charge is 0.244 e. The molecule has 0 bridgehead atoms. The molecule has 3 aliphatic heterocycles. The van der Waals surface area contributed by atoms with Crippen LogP contribution in [0.5, 0.6) is 5.75 Å². The van der Waals surface area contributed by atoms with E-state index in [0.717, 1.165) is 18.0 Å². The van der Waals surface area contributed by atoms with E-state index in [1.54, 1.807) is 18.2 Å². The van der Waals surface area contributed by atoms with Crippen LogP contribution >= 0.6 is 0 Å². The molecule has 1 aromatic carbocycles. The first kappa shape index (κ1) is 27.2. The number of sulfone groups is 1. The van der Waals surface area contributed by atoms with Crippen LogP contribution in [0, 0.1) is 0 Å². The van der Waals surface area contributed by atoms with E-state index in [-0.39, 0.29) is 29.0 Å². The van der Waals surface area contributed by atoms with E-state index in [0.29, 0.717) is 50.2 Å². The molecular formula is C25H32N4O7S2. The van der Waals surface area contributed by atoms with E-state index >= 15 is 0 Å². The van der Waals surface area contributed by atoms with Crippen LogP contribution in [0.1, 0.15) is 19.3 Å². The van der Waals surface area contributed by atoms with Crippen molar-refractivity contribution in [2.75, 3.05) is 45.6 Å². The molecular weight excluding hydrogens is 532 g/mol. The Morgan fingerprint density at radius 1 is 1.21 bits per heavy atom. The second-order valence-corrected chi connectivity index (χ2v) is 14.0. The van der Waals surface area contributed by atoms with Crippen molar-refractivity contribution < 1.29 is 31.4 Å². The average Bonchev–Trinajstić information content (AvgIpc) is 3.53. The van der Waals surface area contributed by atoms with Gasteiger partial charge in [-0.25, -0.2) is 16.8 Å². The summed E-state index contributed by atoms with van der Waals surface area (Å²) in [5.74, 6) is 0.375. The lowest BCUT2D eigenvalue weighted by molar-refractivity contribution is -0.0312. The lowest BCUT2D eigenvalue weighted by atomic mass is 9.88. The maximum absolute atomic E-state index is 13.2. The summed E-state index contributed by atoms with van der Waals surface area (Å²) in [6, 6.07) is 7.79. The lowest BCUT2D eigenvalue weighted by Gasteiger charge is -2.38. The number of benzene rings is 1. The van der Waals surface area contributed by atoms with Crippen molar-refractivity contribution in [3.8, 4) is 5.75 Å². The summed E-state index contributed by atoms with van der Waals surface area (Å²) in [7, 11) is -7.00. The first-order valence-corrected chi connectivity index (χ1v) is 15.9. The van der Waals surface area contributed by atoms with Gasteiger partial charge in [0.15, 0.2) is 9.84 Å². The van der Waals surface area contributed by atoms with Crippen LogP contribution in [0.3, 0.4) is 0 Å². The Balaban J connectivity index is 1.09. The molecule has 2 fully saturated rings. The van der Waals surface area contributed by atoms with Gasteiger partial charge in [-0.2, -0.15) is 4.31 Å². The van der Waals surface area contributed by atoms with E-state index in [1.165, 1.54) is 22.6 Å². The zero-order chi connectivity index (χ0) is 27.0. The molecule has 1 aromatic heterocycles. The Bertz CT molecular complexity index is 1520. The predicted molar refractivity (Wildman–Crippen MR) is 138 cm³/mol. The summed E-state index contributed by atoms with van der Waals surface area (Å²) in [5, 5.41) is 15.0. The number of hydrogen-bond acceptors (Lipinski definition) is 10. The minimum absolute atomic E-state index is 0.00855. The number of piperidine rings is 1. The van der Waals surface area contributed by atoms with Gasteiger partial charge >= 0.3 is 0 Å². The first-order chi connectivity index (χ1) is 18.0. The van der Waals surface area contributed by atoms with Gasteiger partial charge in [0.05, 0.1) is 34.4 Å². The minimum atomic E-state index is -3.66. The molecule has 38 heavy (non-hydrogen) atoms. The Kier molecular flexibility index (Phi) is 7.59. The SMILES string of the molecule is CS(=O)(=O)c1cccc(OC[C@@H](O)CN[C@H]2COC3(CCN(S(=O)(=O)c4cnc5c(c4)=NCC=5)CC3)C2)c1. The largest absolute Gasteiger partial charge is 0.491 e. The second kappa shape index (κ2) is 10.6. The van der Waals surface area contributed by atoms with Gasteiger partial charge in [0.1, 0.15) is 23.4 Å². The van der Waals surface area contributed by atoms with Crippen molar-refractivity contribution in [3.63, 3.8) is 0 Å². The monoisotopic (exact) mass is 564 g/mol. The van der Waals surface area contributed by atoms with Gasteiger partial charge in [-0.3, -0.25) is 9.98 Å². The number of nitrogens with zero attached hydrogens (tertiary/aromatic N) is 3. The minimum Gasteiger partial charge on any atom is -0.491 e. The van der Waals surface area contributed by atoms with Crippen LogP contribution in [0.4, 0.5) is 0 Å². The first-order valence-electron chi connectivity index (χ1n) is 12.5. The highest BCUT2D eigenvalue weighted by molar-refractivity contribution is 7.90. The quantitative estimate of drug-likeness (QED) is 0.401. The van der Waals surface area contributed by atoms with E-state index < -0.39 is 31.6 Å². The summed E-state index contributed by atoms with van der Waals surface area (Å²) in [6.45, 7) is 2.01. The fraction of sp³-hybridized carbons (Fsp3) is 0.520. The highest BCUT2D eigenvalue weighted by Gasteiger charge is 2.44. The molecule has 0 amide bonds. The van der Waals surface area contributed by atoms with Crippen LogP contribution in [-0.2, 0) is 24.6 Å². The third kappa shape index (κ3) is 5.92. The molecule has 11 nitrogen and oxygen atoms in total. The molecule has 206 valence electrons. The number of ether oxygens (including phenoxy) is 2. The van der Waals surface area contributed by atoms with Gasteiger partial charge in [-0.1, -0.05) is 6.07 Å². The number of nitrogens with one attached hydrogen (secondary N) is 1. The van der Waals surface area contributed by atoms with Crippen molar-refractivity contribution in [3.05, 3.63) is 47.2 Å². The Labute approximate surface area is 222 Å². The van der Waals surface area contributed by atoms with Gasteiger partial charge in [-0.05, 0) is 49.6 Å². The van der Waals surface area contributed by atoms with Crippen molar-refractivity contribution in [2.24, 2.45) is 4.99 Å². The molecule has 13 heteroatoms. The summed E-state index contributed by atoms with van der Waals surface area (Å²) in [5.41, 5.74) is -0.391. The standard InChI is InChI=1S/C25H32N4O7S2/c1-37(31,32)21-4-2-3-20(11-21)35-17-19(30)14-27-18-13-25(36-16-18)6-9-29(10-7-25)38(33,34)22-12-24-23(28-15-22)5-8-26-24/h2-5,11-12,15,18-19,27,30H,6-10,13-14,16-17H2,1H3/t18-,19+/m1/s1. The molecule has 0 radical (unpaired) electrons. The summed E-state index contributed by atoms with van der Waals surface area (Å²) in [4.78, 5) is 8.84. The third-order valence-corrected chi connectivity index (χ3v) is 10.2. The molecule has 2 N–H and O–H groups in total. The zero-order valence-corrected chi connectivity index (χ0v) is 22.7. The molecule has 2 saturated heterocycles. The van der Waals surface area contributed by atoms with Gasteiger partial charge < -0.3 is 19.9 Å². The molecule has 5 rings (SSSR count). The van der Waals surface area contributed by atoms with Gasteiger partial charge in [0.25, 0.3) is 0 Å². The Hall–Kier alpha value is -2.42. The zero-order valence-electron chi connectivity index (χ0n) is 21.1. The van der Waals surface area contributed by atoms with E-state index in [2.05, 4.69) is 15.3 Å². The molecule has 2 aromatic rings. The molecule has 4 heterocycles. The van der Waals surface area contributed by atoms with Crippen LogP contribution in [0.15, 0.2) is 51.3 Å². The highest BCUT2D eigenvalue weighted by atomic mass is 32.2. The number of sulfonamides is 1. The number of aliphatic hydroxyl groups excluding tert-OH is 1. The summed E-state index contributed by atoms with van der Waals surface area (Å²) >= 11 is 0. The molecule has 0 aliphatic carbocycles. The predicted octanol–water partition coefficient (Wildman–Crippen LogP) is -0.759. The van der Waals surface area contributed by atoms with Crippen molar-refractivity contribution in [2.45, 2.75) is 46.8 Å². The fourth-order valence-electron chi connectivity index (χ4n) is 5.06. The maximum Gasteiger partial charge on any atom is 0.244 e. The molecule has 2 atom stereocenters. The van der Waals surface area contributed by atoms with Crippen LogP contribution < -0.4 is 20.8 Å².